The Balaban J connectivity index is 1.82. The molecule has 4 rings (SSSR count). The van der Waals surface area contributed by atoms with Crippen molar-refractivity contribution < 1.29 is 14.3 Å². The van der Waals surface area contributed by atoms with Crippen molar-refractivity contribution in [3.8, 4) is 23.8 Å². The van der Waals surface area contributed by atoms with Gasteiger partial charge in [-0.05, 0) is 30.3 Å². The number of nitrogens with zero attached hydrogens (tertiary/aromatic N) is 2. The summed E-state index contributed by atoms with van der Waals surface area (Å²) in [6.45, 7) is 0.171. The molecule has 118 valence electrons. The molecule has 24 heavy (non-hydrogen) atoms. The van der Waals surface area contributed by atoms with Crippen molar-refractivity contribution >= 4 is 28.7 Å². The second-order valence-corrected chi connectivity index (χ2v) is 6.03. The summed E-state index contributed by atoms with van der Waals surface area (Å²) < 4.78 is 12.2. The molecule has 0 fully saturated rings. The average Bonchev–Trinajstić information content (AvgIpc) is 3.22. The van der Waals surface area contributed by atoms with E-state index in [1.165, 1.54) is 11.8 Å². The standard InChI is InChI=1S/C18H12N2O3S/c1-2-9-24-18-19-13-5-3-4-6-14(13)20(18)17(21)12-7-8-15-16(10-12)23-11-22-15/h1,3-8,10H,9,11H2. The van der Waals surface area contributed by atoms with Crippen LogP contribution in [0.1, 0.15) is 10.4 Å². The normalized spacial score (nSPS) is 12.3. The number of aromatic nitrogens is 2. The van der Waals surface area contributed by atoms with Crippen molar-refractivity contribution in [3.05, 3.63) is 48.0 Å². The number of carbonyl (C=O) groups is 1. The van der Waals surface area contributed by atoms with Gasteiger partial charge >= 0.3 is 0 Å². The highest BCUT2D eigenvalue weighted by molar-refractivity contribution is 7.99. The maximum atomic E-state index is 13.1. The van der Waals surface area contributed by atoms with Crippen LogP contribution in [0, 0.1) is 12.3 Å². The van der Waals surface area contributed by atoms with Gasteiger partial charge in [0.1, 0.15) is 0 Å². The fourth-order valence-corrected chi connectivity index (χ4v) is 3.25. The van der Waals surface area contributed by atoms with Gasteiger partial charge in [0.25, 0.3) is 5.91 Å². The molecule has 2 aromatic carbocycles. The van der Waals surface area contributed by atoms with Crippen molar-refractivity contribution in [2.24, 2.45) is 0 Å². The van der Waals surface area contributed by atoms with Crippen LogP contribution in [0.3, 0.4) is 0 Å². The van der Waals surface area contributed by atoms with Gasteiger partial charge in [0, 0.05) is 5.56 Å². The third-order valence-corrected chi connectivity index (χ3v) is 4.48. The quantitative estimate of drug-likeness (QED) is 0.543. The van der Waals surface area contributed by atoms with Crippen LogP contribution >= 0.6 is 11.8 Å². The Hall–Kier alpha value is -2.91. The minimum absolute atomic E-state index is 0.171. The van der Waals surface area contributed by atoms with Gasteiger partial charge < -0.3 is 9.47 Å². The number of terminal acetylenes is 1. The number of benzene rings is 2. The van der Waals surface area contributed by atoms with Crippen LogP contribution in [0.25, 0.3) is 11.0 Å². The monoisotopic (exact) mass is 336 g/mol. The Labute approximate surface area is 142 Å². The summed E-state index contributed by atoms with van der Waals surface area (Å²) in [6, 6.07) is 12.7. The molecule has 2 heterocycles. The number of imidazole rings is 1. The molecule has 3 aromatic rings. The Morgan fingerprint density at radius 3 is 2.96 bits per heavy atom. The van der Waals surface area contributed by atoms with Gasteiger partial charge in [-0.25, -0.2) is 4.98 Å². The van der Waals surface area contributed by atoms with Gasteiger partial charge in [-0.3, -0.25) is 9.36 Å². The van der Waals surface area contributed by atoms with E-state index in [1.807, 2.05) is 24.3 Å². The lowest BCUT2D eigenvalue weighted by molar-refractivity contribution is 0.0954. The van der Waals surface area contributed by atoms with Crippen LogP contribution in [-0.2, 0) is 0 Å². The van der Waals surface area contributed by atoms with E-state index in [0.717, 1.165) is 11.0 Å². The smallest absolute Gasteiger partial charge is 0.264 e. The highest BCUT2D eigenvalue weighted by Gasteiger charge is 2.21. The Kier molecular flexibility index (Phi) is 3.63. The number of hydrogen-bond donors (Lipinski definition) is 0. The number of ether oxygens (including phenoxy) is 2. The van der Waals surface area contributed by atoms with Gasteiger partial charge in [0.05, 0.1) is 16.8 Å². The molecular formula is C18H12N2O3S. The first-order valence-electron chi connectivity index (χ1n) is 7.26. The summed E-state index contributed by atoms with van der Waals surface area (Å²) >= 11 is 1.36. The second kappa shape index (κ2) is 5.95. The van der Waals surface area contributed by atoms with Crippen LogP contribution in [0.4, 0.5) is 0 Å². The maximum Gasteiger partial charge on any atom is 0.264 e. The fraction of sp³-hybridized carbons (Fsp3) is 0.111. The minimum Gasteiger partial charge on any atom is -0.454 e. The van der Waals surface area contributed by atoms with Gasteiger partial charge in [-0.1, -0.05) is 29.8 Å². The molecule has 0 saturated heterocycles. The number of thioether (sulfide) groups is 1. The molecular weight excluding hydrogens is 324 g/mol. The van der Waals surface area contributed by atoms with E-state index in [-0.39, 0.29) is 12.7 Å². The topological polar surface area (TPSA) is 53.4 Å². The summed E-state index contributed by atoms with van der Waals surface area (Å²) in [4.78, 5) is 17.6. The minimum atomic E-state index is -0.179. The van der Waals surface area contributed by atoms with Crippen LogP contribution in [0.2, 0.25) is 0 Å². The van der Waals surface area contributed by atoms with Gasteiger partial charge in [-0.15, -0.1) is 6.42 Å². The molecule has 1 aromatic heterocycles. The summed E-state index contributed by atoms with van der Waals surface area (Å²) in [5.74, 6) is 4.04. The van der Waals surface area contributed by atoms with Crippen molar-refractivity contribution in [1.82, 2.24) is 9.55 Å². The van der Waals surface area contributed by atoms with Crippen LogP contribution in [0.15, 0.2) is 47.6 Å². The van der Waals surface area contributed by atoms with E-state index < -0.39 is 0 Å². The fourth-order valence-electron chi connectivity index (χ4n) is 2.56. The number of rotatable bonds is 3. The lowest BCUT2D eigenvalue weighted by Crippen LogP contribution is -2.13. The summed E-state index contributed by atoms with van der Waals surface area (Å²) in [7, 11) is 0. The number of hydrogen-bond acceptors (Lipinski definition) is 5. The molecule has 0 N–H and O–H groups in total. The first kappa shape index (κ1) is 14.7. The molecule has 0 bridgehead atoms. The predicted octanol–water partition coefficient (Wildman–Crippen LogP) is 3.18. The highest BCUT2D eigenvalue weighted by atomic mass is 32.2. The molecule has 0 radical (unpaired) electrons. The molecule has 0 atom stereocenters. The van der Waals surface area contributed by atoms with E-state index in [2.05, 4.69) is 10.9 Å². The third-order valence-electron chi connectivity index (χ3n) is 3.64. The average molecular weight is 336 g/mol. The van der Waals surface area contributed by atoms with Crippen molar-refractivity contribution in [2.75, 3.05) is 12.5 Å². The van der Waals surface area contributed by atoms with Crippen molar-refractivity contribution in [3.63, 3.8) is 0 Å². The molecule has 0 spiro atoms. The molecule has 0 amide bonds. The van der Waals surface area contributed by atoms with Crippen molar-refractivity contribution in [2.45, 2.75) is 5.16 Å². The number of fused-ring (bicyclic) bond motifs is 2. The molecule has 5 nitrogen and oxygen atoms in total. The molecule has 1 aliphatic rings. The Morgan fingerprint density at radius 1 is 1.25 bits per heavy atom. The van der Waals surface area contributed by atoms with E-state index in [1.54, 1.807) is 22.8 Å². The van der Waals surface area contributed by atoms with E-state index in [0.29, 0.717) is 28.0 Å². The summed E-state index contributed by atoms with van der Waals surface area (Å²) in [5, 5.41) is 0.580. The van der Waals surface area contributed by atoms with E-state index in [9.17, 15) is 4.79 Å². The second-order valence-electron chi connectivity index (χ2n) is 5.08. The van der Waals surface area contributed by atoms with Crippen LogP contribution < -0.4 is 9.47 Å². The Morgan fingerprint density at radius 2 is 2.08 bits per heavy atom. The zero-order chi connectivity index (χ0) is 16.5. The van der Waals surface area contributed by atoms with Crippen molar-refractivity contribution in [1.29, 1.82) is 0 Å². The number of para-hydroxylation sites is 2. The SMILES string of the molecule is C#CCSc1nc2ccccc2n1C(=O)c1ccc2c(c1)OCO2. The van der Waals surface area contributed by atoms with Crippen LogP contribution in [0.5, 0.6) is 11.5 Å². The van der Waals surface area contributed by atoms with E-state index in [4.69, 9.17) is 15.9 Å². The maximum absolute atomic E-state index is 13.1. The predicted molar refractivity (Wildman–Crippen MR) is 91.6 cm³/mol. The number of carbonyl (C=O) groups excluding carboxylic acids is 1. The molecule has 0 aliphatic carbocycles. The molecule has 6 heteroatoms. The zero-order valence-corrected chi connectivity index (χ0v) is 13.4. The molecule has 0 saturated carbocycles. The van der Waals surface area contributed by atoms with E-state index >= 15 is 0 Å². The Bertz CT molecular complexity index is 988. The van der Waals surface area contributed by atoms with Gasteiger partial charge in [0.2, 0.25) is 6.79 Å². The lowest BCUT2D eigenvalue weighted by Gasteiger charge is -2.07. The first-order chi connectivity index (χ1) is 11.8. The van der Waals surface area contributed by atoms with Gasteiger partial charge in [-0.2, -0.15) is 0 Å². The summed E-state index contributed by atoms with van der Waals surface area (Å²) in [5.41, 5.74) is 2.01. The summed E-state index contributed by atoms with van der Waals surface area (Å²) in [6.07, 6.45) is 5.35. The van der Waals surface area contributed by atoms with Gasteiger partial charge in [0.15, 0.2) is 16.7 Å². The molecule has 0 unspecified atom stereocenters. The third kappa shape index (κ3) is 2.39. The first-order valence-corrected chi connectivity index (χ1v) is 8.24. The molecule has 1 aliphatic heterocycles. The van der Waals surface area contributed by atoms with Crippen LogP contribution in [-0.4, -0.2) is 28.0 Å². The largest absolute Gasteiger partial charge is 0.454 e. The highest BCUT2D eigenvalue weighted by Crippen LogP contribution is 2.33. The zero-order valence-electron chi connectivity index (χ0n) is 12.6. The lowest BCUT2D eigenvalue weighted by atomic mass is 10.2.